The summed E-state index contributed by atoms with van der Waals surface area (Å²) in [6.07, 6.45) is 1.50. The van der Waals surface area contributed by atoms with E-state index in [1.54, 1.807) is 60.7 Å². The van der Waals surface area contributed by atoms with Crippen molar-refractivity contribution in [2.45, 2.75) is 6.92 Å². The number of benzene rings is 3. The lowest BCUT2D eigenvalue weighted by atomic mass is 10.1. The number of nitrogens with two attached hydrogens (primary N) is 1. The van der Waals surface area contributed by atoms with E-state index in [4.69, 9.17) is 10.5 Å². The van der Waals surface area contributed by atoms with Crippen LogP contribution in [-0.2, 0) is 0 Å². The maximum Gasteiger partial charge on any atom is 0.343 e. The molecule has 0 atom stereocenters. The second kappa shape index (κ2) is 8.64. The van der Waals surface area contributed by atoms with Crippen LogP contribution in [0.5, 0.6) is 5.75 Å². The monoisotopic (exact) mass is 373 g/mol. The van der Waals surface area contributed by atoms with Gasteiger partial charge >= 0.3 is 5.97 Å². The first kappa shape index (κ1) is 18.8. The predicted octanol–water partition coefficient (Wildman–Crippen LogP) is 3.56. The van der Waals surface area contributed by atoms with E-state index in [-0.39, 0.29) is 5.91 Å². The van der Waals surface area contributed by atoms with Crippen molar-refractivity contribution >= 4 is 23.8 Å². The van der Waals surface area contributed by atoms with Gasteiger partial charge in [0.25, 0.3) is 5.91 Å². The second-order valence-corrected chi connectivity index (χ2v) is 6.15. The fourth-order valence-corrected chi connectivity index (χ4v) is 2.42. The molecule has 3 aromatic carbocycles. The van der Waals surface area contributed by atoms with Crippen LogP contribution in [0.1, 0.15) is 31.8 Å². The van der Waals surface area contributed by atoms with E-state index in [0.717, 1.165) is 11.1 Å². The molecule has 28 heavy (non-hydrogen) atoms. The highest BCUT2D eigenvalue weighted by molar-refractivity contribution is 5.95. The molecular formula is C22H19N3O3. The van der Waals surface area contributed by atoms with Crippen LogP contribution in [0.4, 0.5) is 5.69 Å². The molecule has 0 bridgehead atoms. The molecule has 0 saturated carbocycles. The van der Waals surface area contributed by atoms with Crippen LogP contribution in [0.25, 0.3) is 0 Å². The van der Waals surface area contributed by atoms with Crippen LogP contribution in [0.15, 0.2) is 77.9 Å². The number of amides is 1. The van der Waals surface area contributed by atoms with Crippen molar-refractivity contribution in [2.24, 2.45) is 5.10 Å². The summed E-state index contributed by atoms with van der Waals surface area (Å²) >= 11 is 0. The van der Waals surface area contributed by atoms with Crippen LogP contribution < -0.4 is 15.9 Å². The van der Waals surface area contributed by atoms with Crippen molar-refractivity contribution in [3.8, 4) is 5.75 Å². The molecule has 0 spiro atoms. The van der Waals surface area contributed by atoms with E-state index >= 15 is 0 Å². The number of carbonyl (C=O) groups excluding carboxylic acids is 2. The highest BCUT2D eigenvalue weighted by atomic mass is 16.5. The van der Waals surface area contributed by atoms with Gasteiger partial charge in [0.05, 0.1) is 11.8 Å². The molecule has 1 amide bonds. The van der Waals surface area contributed by atoms with Crippen molar-refractivity contribution < 1.29 is 14.3 Å². The zero-order valence-electron chi connectivity index (χ0n) is 15.3. The summed E-state index contributed by atoms with van der Waals surface area (Å²) in [4.78, 5) is 24.1. The second-order valence-electron chi connectivity index (χ2n) is 6.15. The molecule has 0 heterocycles. The quantitative estimate of drug-likeness (QED) is 0.235. The fraction of sp³-hybridized carbons (Fsp3) is 0.0455. The molecule has 3 rings (SSSR count). The molecule has 6 nitrogen and oxygen atoms in total. The normalized spacial score (nSPS) is 10.6. The van der Waals surface area contributed by atoms with E-state index in [1.165, 1.54) is 6.21 Å². The summed E-state index contributed by atoms with van der Waals surface area (Å²) in [5, 5.41) is 3.92. The Morgan fingerprint density at radius 3 is 2.36 bits per heavy atom. The molecular weight excluding hydrogens is 354 g/mol. The summed E-state index contributed by atoms with van der Waals surface area (Å²) in [6, 6.07) is 20.5. The Morgan fingerprint density at radius 1 is 0.964 bits per heavy atom. The Morgan fingerprint density at radius 2 is 1.68 bits per heavy atom. The van der Waals surface area contributed by atoms with E-state index in [2.05, 4.69) is 10.5 Å². The smallest absolute Gasteiger partial charge is 0.343 e. The zero-order valence-corrected chi connectivity index (χ0v) is 15.3. The minimum absolute atomic E-state index is 0.333. The zero-order chi connectivity index (χ0) is 19.9. The summed E-state index contributed by atoms with van der Waals surface area (Å²) in [6.45, 7) is 1.91. The number of aryl methyl sites for hydroxylation is 1. The van der Waals surface area contributed by atoms with Crippen molar-refractivity contribution in [1.82, 2.24) is 5.43 Å². The van der Waals surface area contributed by atoms with Crippen LogP contribution in [0.3, 0.4) is 0 Å². The van der Waals surface area contributed by atoms with Crippen LogP contribution >= 0.6 is 0 Å². The molecule has 3 aromatic rings. The van der Waals surface area contributed by atoms with Crippen LogP contribution in [-0.4, -0.2) is 18.1 Å². The average molecular weight is 373 g/mol. The largest absolute Gasteiger partial charge is 0.423 e. The van der Waals surface area contributed by atoms with Crippen molar-refractivity contribution in [3.63, 3.8) is 0 Å². The topological polar surface area (TPSA) is 93.8 Å². The van der Waals surface area contributed by atoms with Crippen molar-refractivity contribution in [2.75, 3.05) is 5.73 Å². The SMILES string of the molecule is Cc1cccc(C(=O)Oc2ccc(C=NNC(=O)c3ccc(N)cc3)cc2)c1. The summed E-state index contributed by atoms with van der Waals surface area (Å²) in [5.41, 5.74) is 11.3. The van der Waals surface area contributed by atoms with Crippen LogP contribution in [0.2, 0.25) is 0 Å². The van der Waals surface area contributed by atoms with Crippen molar-refractivity contribution in [3.05, 3.63) is 95.1 Å². The molecule has 0 aliphatic heterocycles. The highest BCUT2D eigenvalue weighted by Crippen LogP contribution is 2.14. The fourth-order valence-electron chi connectivity index (χ4n) is 2.42. The third kappa shape index (κ3) is 5.04. The number of esters is 1. The van der Waals surface area contributed by atoms with Gasteiger partial charge in [0.1, 0.15) is 5.75 Å². The third-order valence-electron chi connectivity index (χ3n) is 3.90. The number of hydrogen-bond acceptors (Lipinski definition) is 5. The molecule has 0 radical (unpaired) electrons. The van der Waals surface area contributed by atoms with Gasteiger partial charge in [-0.3, -0.25) is 4.79 Å². The Kier molecular flexibility index (Phi) is 5.81. The number of hydrazone groups is 1. The van der Waals surface area contributed by atoms with Gasteiger partial charge in [-0.2, -0.15) is 5.10 Å². The number of nitrogen functional groups attached to an aromatic ring is 1. The molecule has 0 unspecified atom stereocenters. The Labute approximate surface area is 162 Å². The van der Waals surface area contributed by atoms with E-state index < -0.39 is 5.97 Å². The van der Waals surface area contributed by atoms with Gasteiger partial charge in [0.2, 0.25) is 0 Å². The van der Waals surface area contributed by atoms with E-state index in [0.29, 0.717) is 22.6 Å². The molecule has 0 saturated heterocycles. The molecule has 6 heteroatoms. The summed E-state index contributed by atoms with van der Waals surface area (Å²) < 4.78 is 5.36. The van der Waals surface area contributed by atoms with Gasteiger partial charge in [-0.25, -0.2) is 10.2 Å². The lowest BCUT2D eigenvalue weighted by Gasteiger charge is -2.05. The highest BCUT2D eigenvalue weighted by Gasteiger charge is 2.08. The standard InChI is InChI=1S/C22H19N3O3/c1-15-3-2-4-18(13-15)22(27)28-20-11-5-16(6-12-20)14-24-25-21(26)17-7-9-19(23)10-8-17/h2-14H,23H2,1H3,(H,25,26). The Bertz CT molecular complexity index is 1010. The molecule has 3 N–H and O–H groups in total. The number of anilines is 1. The van der Waals surface area contributed by atoms with Gasteiger partial charge in [-0.05, 0) is 73.2 Å². The summed E-state index contributed by atoms with van der Waals surface area (Å²) in [5.74, 6) is -0.324. The number of rotatable bonds is 5. The van der Waals surface area contributed by atoms with E-state index in [9.17, 15) is 9.59 Å². The Hall–Kier alpha value is -3.93. The Balaban J connectivity index is 1.56. The molecule has 140 valence electrons. The lowest BCUT2D eigenvalue weighted by molar-refractivity contribution is 0.0734. The summed E-state index contributed by atoms with van der Waals surface area (Å²) in [7, 11) is 0. The molecule has 0 fully saturated rings. The minimum Gasteiger partial charge on any atom is -0.423 e. The van der Waals surface area contributed by atoms with Gasteiger partial charge in [0, 0.05) is 11.3 Å². The van der Waals surface area contributed by atoms with Crippen LogP contribution in [0, 0.1) is 6.92 Å². The first-order chi connectivity index (χ1) is 13.5. The van der Waals surface area contributed by atoms with Gasteiger partial charge in [0.15, 0.2) is 0 Å². The minimum atomic E-state index is -0.416. The third-order valence-corrected chi connectivity index (χ3v) is 3.90. The maximum absolute atomic E-state index is 12.2. The average Bonchev–Trinajstić information content (AvgIpc) is 2.69. The number of carbonyl (C=O) groups is 2. The van der Waals surface area contributed by atoms with Crippen molar-refractivity contribution in [1.29, 1.82) is 0 Å². The van der Waals surface area contributed by atoms with Gasteiger partial charge in [-0.1, -0.05) is 17.7 Å². The number of nitrogens with one attached hydrogen (secondary N) is 1. The maximum atomic E-state index is 12.2. The van der Waals surface area contributed by atoms with E-state index in [1.807, 2.05) is 19.1 Å². The molecule has 0 aromatic heterocycles. The number of hydrogen-bond donors (Lipinski definition) is 2. The lowest BCUT2D eigenvalue weighted by Crippen LogP contribution is -2.17. The first-order valence-corrected chi connectivity index (χ1v) is 8.59. The number of ether oxygens (including phenoxy) is 1. The first-order valence-electron chi connectivity index (χ1n) is 8.59. The molecule has 0 aliphatic carbocycles. The predicted molar refractivity (Wildman–Crippen MR) is 108 cm³/mol. The number of nitrogens with zero attached hydrogens (tertiary/aromatic N) is 1. The molecule has 0 aliphatic rings. The van der Waals surface area contributed by atoms with Gasteiger partial charge < -0.3 is 10.5 Å². The van der Waals surface area contributed by atoms with Gasteiger partial charge in [-0.15, -0.1) is 0 Å².